The minimum atomic E-state index is 0.846. The van der Waals surface area contributed by atoms with Gasteiger partial charge in [-0.1, -0.05) is 18.2 Å². The first-order valence-electron chi connectivity index (χ1n) is 5.24. The molecule has 1 atom stereocenters. The van der Waals surface area contributed by atoms with Crippen LogP contribution in [0.25, 0.3) is 0 Å². The van der Waals surface area contributed by atoms with Crippen molar-refractivity contribution < 1.29 is 4.74 Å². The molecule has 0 aliphatic carbocycles. The Kier molecular flexibility index (Phi) is 3.75. The maximum absolute atomic E-state index is 5.65. The molecule has 0 radical (unpaired) electrons. The molecule has 14 heavy (non-hydrogen) atoms. The monoisotopic (exact) mass is 208 g/mol. The van der Waals surface area contributed by atoms with E-state index in [1.165, 1.54) is 25.0 Å². The van der Waals surface area contributed by atoms with Crippen LogP contribution in [0.1, 0.15) is 19.3 Å². The number of para-hydroxylation sites is 1. The van der Waals surface area contributed by atoms with Crippen molar-refractivity contribution >= 4 is 11.8 Å². The second-order valence-electron chi connectivity index (χ2n) is 3.59. The summed E-state index contributed by atoms with van der Waals surface area (Å²) < 4.78 is 5.65. The average Bonchev–Trinajstić information content (AvgIpc) is 2.72. The Morgan fingerprint density at radius 3 is 2.86 bits per heavy atom. The Morgan fingerprint density at radius 1 is 1.29 bits per heavy atom. The smallest absolute Gasteiger partial charge is 0.119 e. The largest absolute Gasteiger partial charge is 0.494 e. The molecule has 0 spiro atoms. The predicted octanol–water partition coefficient (Wildman–Crippen LogP) is 3.35. The number of thioether (sulfide) groups is 1. The molecule has 0 saturated carbocycles. The zero-order valence-electron chi connectivity index (χ0n) is 8.32. The highest BCUT2D eigenvalue weighted by molar-refractivity contribution is 8.00. The summed E-state index contributed by atoms with van der Waals surface area (Å²) in [6, 6.07) is 10.1. The number of benzene rings is 1. The van der Waals surface area contributed by atoms with E-state index in [0.717, 1.165) is 17.6 Å². The van der Waals surface area contributed by atoms with Crippen LogP contribution in [0.3, 0.4) is 0 Å². The summed E-state index contributed by atoms with van der Waals surface area (Å²) in [5.74, 6) is 2.34. The molecular weight excluding hydrogens is 192 g/mol. The first-order valence-corrected chi connectivity index (χ1v) is 6.29. The van der Waals surface area contributed by atoms with Gasteiger partial charge in [-0.25, -0.2) is 0 Å². The molecule has 0 bridgehead atoms. The number of rotatable bonds is 4. The van der Waals surface area contributed by atoms with Crippen molar-refractivity contribution in [1.29, 1.82) is 0 Å². The Bertz CT molecular complexity index is 254. The van der Waals surface area contributed by atoms with Crippen LogP contribution in [0, 0.1) is 0 Å². The fourth-order valence-corrected chi connectivity index (χ4v) is 2.96. The van der Waals surface area contributed by atoms with Crippen molar-refractivity contribution in [3.63, 3.8) is 0 Å². The van der Waals surface area contributed by atoms with Crippen molar-refractivity contribution in [1.82, 2.24) is 0 Å². The Balaban J connectivity index is 1.67. The van der Waals surface area contributed by atoms with E-state index >= 15 is 0 Å². The van der Waals surface area contributed by atoms with Crippen molar-refractivity contribution in [3.8, 4) is 5.75 Å². The maximum atomic E-state index is 5.65. The molecule has 1 aliphatic rings. The summed E-state index contributed by atoms with van der Waals surface area (Å²) in [4.78, 5) is 0. The molecule has 0 N–H and O–H groups in total. The van der Waals surface area contributed by atoms with E-state index in [9.17, 15) is 0 Å². The van der Waals surface area contributed by atoms with Gasteiger partial charge >= 0.3 is 0 Å². The van der Waals surface area contributed by atoms with Gasteiger partial charge in [0.2, 0.25) is 0 Å². The van der Waals surface area contributed by atoms with Gasteiger partial charge in [0.15, 0.2) is 0 Å². The summed E-state index contributed by atoms with van der Waals surface area (Å²) in [7, 11) is 0. The van der Waals surface area contributed by atoms with E-state index in [4.69, 9.17) is 4.74 Å². The molecule has 1 aromatic carbocycles. The van der Waals surface area contributed by atoms with E-state index in [-0.39, 0.29) is 0 Å². The third kappa shape index (κ3) is 2.95. The first-order chi connectivity index (χ1) is 6.95. The summed E-state index contributed by atoms with van der Waals surface area (Å²) >= 11 is 2.10. The minimum Gasteiger partial charge on any atom is -0.494 e. The van der Waals surface area contributed by atoms with Gasteiger partial charge in [-0.15, -0.1) is 0 Å². The van der Waals surface area contributed by atoms with Gasteiger partial charge in [0.1, 0.15) is 5.75 Å². The van der Waals surface area contributed by atoms with Crippen LogP contribution in [0.2, 0.25) is 0 Å². The van der Waals surface area contributed by atoms with E-state index in [1.807, 2.05) is 30.3 Å². The molecule has 0 aromatic heterocycles. The van der Waals surface area contributed by atoms with Gasteiger partial charge < -0.3 is 4.74 Å². The van der Waals surface area contributed by atoms with E-state index in [1.54, 1.807) is 0 Å². The molecule has 1 unspecified atom stereocenters. The molecule has 2 heteroatoms. The van der Waals surface area contributed by atoms with Crippen LogP contribution in [-0.4, -0.2) is 17.6 Å². The quantitative estimate of drug-likeness (QED) is 0.750. The van der Waals surface area contributed by atoms with Crippen LogP contribution in [0.15, 0.2) is 30.3 Å². The normalized spacial score (nSPS) is 21.0. The molecule has 1 aliphatic heterocycles. The van der Waals surface area contributed by atoms with Crippen molar-refractivity contribution in [2.75, 3.05) is 12.4 Å². The maximum Gasteiger partial charge on any atom is 0.119 e. The molecule has 1 aromatic rings. The molecule has 1 heterocycles. The predicted molar refractivity (Wildman–Crippen MR) is 62.0 cm³/mol. The average molecular weight is 208 g/mol. The van der Waals surface area contributed by atoms with Crippen LogP contribution in [-0.2, 0) is 0 Å². The standard InChI is InChI=1S/C12H16OS/c1-2-5-11(6-3-1)13-9-8-12-7-4-10-14-12/h1-3,5-6,12H,4,7-10H2. The summed E-state index contributed by atoms with van der Waals surface area (Å²) in [5.41, 5.74) is 0. The van der Waals surface area contributed by atoms with Gasteiger partial charge in [-0.2, -0.15) is 11.8 Å². The zero-order chi connectivity index (χ0) is 9.64. The van der Waals surface area contributed by atoms with Gasteiger partial charge in [-0.05, 0) is 37.1 Å². The van der Waals surface area contributed by atoms with Gasteiger partial charge in [0, 0.05) is 5.25 Å². The fraction of sp³-hybridized carbons (Fsp3) is 0.500. The van der Waals surface area contributed by atoms with Gasteiger partial charge in [0.05, 0.1) is 6.61 Å². The molecule has 1 saturated heterocycles. The lowest BCUT2D eigenvalue weighted by molar-refractivity contribution is 0.308. The molecule has 2 rings (SSSR count). The summed E-state index contributed by atoms with van der Waals surface area (Å²) in [5, 5.41) is 0.846. The molecule has 1 nitrogen and oxygen atoms in total. The second kappa shape index (κ2) is 5.30. The van der Waals surface area contributed by atoms with Crippen LogP contribution < -0.4 is 4.74 Å². The molecule has 76 valence electrons. The van der Waals surface area contributed by atoms with Gasteiger partial charge in [-0.3, -0.25) is 0 Å². The highest BCUT2D eigenvalue weighted by Crippen LogP contribution is 2.28. The Hall–Kier alpha value is -0.630. The van der Waals surface area contributed by atoms with Gasteiger partial charge in [0.25, 0.3) is 0 Å². The second-order valence-corrected chi connectivity index (χ2v) is 4.99. The lowest BCUT2D eigenvalue weighted by atomic mass is 10.2. The van der Waals surface area contributed by atoms with Crippen molar-refractivity contribution in [3.05, 3.63) is 30.3 Å². The van der Waals surface area contributed by atoms with Crippen LogP contribution >= 0.6 is 11.8 Å². The first kappa shape index (κ1) is 9.91. The fourth-order valence-electron chi connectivity index (χ4n) is 1.70. The van der Waals surface area contributed by atoms with E-state index < -0.39 is 0 Å². The number of hydrogen-bond donors (Lipinski definition) is 0. The van der Waals surface area contributed by atoms with Crippen molar-refractivity contribution in [2.45, 2.75) is 24.5 Å². The summed E-state index contributed by atoms with van der Waals surface area (Å²) in [6.45, 7) is 0.863. The van der Waals surface area contributed by atoms with Crippen molar-refractivity contribution in [2.24, 2.45) is 0 Å². The third-order valence-corrected chi connectivity index (χ3v) is 3.94. The lowest BCUT2D eigenvalue weighted by Gasteiger charge is -2.09. The third-order valence-electron chi connectivity index (χ3n) is 2.48. The SMILES string of the molecule is c1ccc(OCCC2CCCS2)cc1. The molecule has 0 amide bonds. The summed E-state index contributed by atoms with van der Waals surface area (Å²) in [6.07, 6.45) is 3.96. The Labute approximate surface area is 89.9 Å². The minimum absolute atomic E-state index is 0.846. The highest BCUT2D eigenvalue weighted by Gasteiger charge is 2.14. The van der Waals surface area contributed by atoms with E-state index in [2.05, 4.69) is 11.8 Å². The lowest BCUT2D eigenvalue weighted by Crippen LogP contribution is -2.05. The highest BCUT2D eigenvalue weighted by atomic mass is 32.2. The zero-order valence-corrected chi connectivity index (χ0v) is 9.13. The number of hydrogen-bond acceptors (Lipinski definition) is 2. The van der Waals surface area contributed by atoms with Crippen LogP contribution in [0.5, 0.6) is 5.75 Å². The molecule has 1 fully saturated rings. The number of ether oxygens (including phenoxy) is 1. The Morgan fingerprint density at radius 2 is 2.14 bits per heavy atom. The topological polar surface area (TPSA) is 9.23 Å². The van der Waals surface area contributed by atoms with Crippen LogP contribution in [0.4, 0.5) is 0 Å². The van der Waals surface area contributed by atoms with E-state index in [0.29, 0.717) is 0 Å². The molecular formula is C12H16OS.